The fourth-order valence-corrected chi connectivity index (χ4v) is 2.91. The molecule has 6 nitrogen and oxygen atoms in total. The molecule has 0 unspecified atom stereocenters. The quantitative estimate of drug-likeness (QED) is 0.728. The molecular formula is C21H19N5O. The van der Waals surface area contributed by atoms with Gasteiger partial charge in [0.1, 0.15) is 11.8 Å². The molecule has 0 bridgehead atoms. The molecule has 0 radical (unpaired) electrons. The molecular weight excluding hydrogens is 338 g/mol. The summed E-state index contributed by atoms with van der Waals surface area (Å²) in [5, 5.41) is 15.1. The van der Waals surface area contributed by atoms with Gasteiger partial charge in [0.25, 0.3) is 5.91 Å². The molecule has 2 N–H and O–H groups in total. The molecule has 134 valence electrons. The number of nitrogens with one attached hydrogen (secondary N) is 2. The van der Waals surface area contributed by atoms with Gasteiger partial charge in [-0.15, -0.1) is 0 Å². The number of aromatic nitrogens is 2. The van der Waals surface area contributed by atoms with Crippen molar-refractivity contribution >= 4 is 23.2 Å². The van der Waals surface area contributed by atoms with Gasteiger partial charge < -0.3 is 10.6 Å². The van der Waals surface area contributed by atoms with E-state index in [1.54, 1.807) is 24.3 Å². The zero-order valence-corrected chi connectivity index (χ0v) is 15.4. The fourth-order valence-electron chi connectivity index (χ4n) is 2.91. The SMILES string of the molecule is Cc1cc(C)c(NC(=O)c2ccnc(Nc3ccccc3C#N)n2)c(C)c1. The first-order chi connectivity index (χ1) is 13.0. The number of nitriles is 1. The average molecular weight is 357 g/mol. The van der Waals surface area contributed by atoms with Crippen molar-refractivity contribution in [3.63, 3.8) is 0 Å². The largest absolute Gasteiger partial charge is 0.323 e. The number of nitrogens with zero attached hydrogens (tertiary/aromatic N) is 3. The lowest BCUT2D eigenvalue weighted by atomic mass is 10.1. The van der Waals surface area contributed by atoms with E-state index in [2.05, 4.69) is 26.7 Å². The lowest BCUT2D eigenvalue weighted by Crippen LogP contribution is -2.16. The maximum absolute atomic E-state index is 12.6. The Labute approximate surface area is 157 Å². The molecule has 0 saturated heterocycles. The molecule has 0 saturated carbocycles. The summed E-state index contributed by atoms with van der Waals surface area (Å²) in [5.74, 6) is -0.0632. The van der Waals surface area contributed by atoms with Crippen molar-refractivity contribution in [2.45, 2.75) is 20.8 Å². The zero-order chi connectivity index (χ0) is 19.4. The number of hydrogen-bond acceptors (Lipinski definition) is 5. The number of rotatable bonds is 4. The highest BCUT2D eigenvalue weighted by atomic mass is 16.1. The van der Waals surface area contributed by atoms with E-state index in [1.165, 1.54) is 6.20 Å². The molecule has 0 aliphatic heterocycles. The van der Waals surface area contributed by atoms with Crippen molar-refractivity contribution in [2.24, 2.45) is 0 Å². The van der Waals surface area contributed by atoms with E-state index >= 15 is 0 Å². The molecule has 3 rings (SSSR count). The summed E-state index contributed by atoms with van der Waals surface area (Å²) in [6, 6.07) is 14.7. The Hall–Kier alpha value is -3.72. The molecule has 6 heteroatoms. The Morgan fingerprint density at radius 1 is 1.07 bits per heavy atom. The third kappa shape index (κ3) is 4.10. The van der Waals surface area contributed by atoms with Crippen LogP contribution in [0.2, 0.25) is 0 Å². The summed E-state index contributed by atoms with van der Waals surface area (Å²) in [6.07, 6.45) is 1.51. The molecule has 2 aromatic carbocycles. The minimum atomic E-state index is -0.316. The van der Waals surface area contributed by atoms with Gasteiger partial charge in [-0.25, -0.2) is 9.97 Å². The van der Waals surface area contributed by atoms with Crippen LogP contribution < -0.4 is 10.6 Å². The monoisotopic (exact) mass is 357 g/mol. The van der Waals surface area contributed by atoms with Gasteiger partial charge in [0.05, 0.1) is 11.3 Å². The number of benzene rings is 2. The Bertz CT molecular complexity index is 1030. The average Bonchev–Trinajstić information content (AvgIpc) is 2.65. The maximum Gasteiger partial charge on any atom is 0.274 e. The third-order valence-corrected chi connectivity index (χ3v) is 4.10. The van der Waals surface area contributed by atoms with Crippen LogP contribution in [-0.4, -0.2) is 15.9 Å². The van der Waals surface area contributed by atoms with Crippen LogP contribution >= 0.6 is 0 Å². The van der Waals surface area contributed by atoms with E-state index in [9.17, 15) is 10.1 Å². The smallest absolute Gasteiger partial charge is 0.274 e. The van der Waals surface area contributed by atoms with Crippen molar-refractivity contribution in [3.05, 3.63) is 76.6 Å². The highest BCUT2D eigenvalue weighted by Gasteiger charge is 2.13. The van der Waals surface area contributed by atoms with Gasteiger partial charge in [0.15, 0.2) is 0 Å². The molecule has 0 atom stereocenters. The van der Waals surface area contributed by atoms with E-state index in [-0.39, 0.29) is 17.5 Å². The third-order valence-electron chi connectivity index (χ3n) is 4.10. The lowest BCUT2D eigenvalue weighted by molar-refractivity contribution is 0.102. The van der Waals surface area contributed by atoms with Gasteiger partial charge in [-0.05, 0) is 50.1 Å². The molecule has 1 heterocycles. The summed E-state index contributed by atoms with van der Waals surface area (Å²) in [4.78, 5) is 21.1. The van der Waals surface area contributed by atoms with Crippen LogP contribution in [0.5, 0.6) is 0 Å². The summed E-state index contributed by atoms with van der Waals surface area (Å²) in [7, 11) is 0. The van der Waals surface area contributed by atoms with Gasteiger partial charge >= 0.3 is 0 Å². The second-order valence-electron chi connectivity index (χ2n) is 6.28. The number of aryl methyl sites for hydroxylation is 3. The molecule has 1 amide bonds. The lowest BCUT2D eigenvalue weighted by Gasteiger charge is -2.13. The number of carbonyl (C=O) groups excluding carboxylic acids is 1. The van der Waals surface area contributed by atoms with E-state index in [0.29, 0.717) is 11.3 Å². The van der Waals surface area contributed by atoms with Crippen molar-refractivity contribution < 1.29 is 4.79 Å². The van der Waals surface area contributed by atoms with E-state index in [0.717, 1.165) is 22.4 Å². The summed E-state index contributed by atoms with van der Waals surface area (Å²) < 4.78 is 0. The first-order valence-corrected chi connectivity index (χ1v) is 8.46. The standard InChI is InChI=1S/C21H19N5O/c1-13-10-14(2)19(15(3)11-13)26-20(27)18-8-9-23-21(25-18)24-17-7-5-4-6-16(17)12-22/h4-11H,1-3H3,(H,26,27)(H,23,24,25). The van der Waals surface area contributed by atoms with E-state index in [4.69, 9.17) is 0 Å². The Kier molecular flexibility index (Phi) is 5.13. The van der Waals surface area contributed by atoms with Crippen LogP contribution in [0.3, 0.4) is 0 Å². The molecule has 3 aromatic rings. The van der Waals surface area contributed by atoms with Crippen LogP contribution in [0.15, 0.2) is 48.7 Å². The molecule has 0 aliphatic carbocycles. The summed E-state index contributed by atoms with van der Waals surface area (Å²) in [6.45, 7) is 5.94. The van der Waals surface area contributed by atoms with Crippen LogP contribution in [0.25, 0.3) is 0 Å². The molecule has 1 aromatic heterocycles. The van der Waals surface area contributed by atoms with E-state index in [1.807, 2.05) is 39.0 Å². The zero-order valence-electron chi connectivity index (χ0n) is 15.4. The Morgan fingerprint density at radius 2 is 1.78 bits per heavy atom. The number of hydrogen-bond donors (Lipinski definition) is 2. The number of carbonyl (C=O) groups is 1. The van der Waals surface area contributed by atoms with Crippen LogP contribution in [-0.2, 0) is 0 Å². The van der Waals surface area contributed by atoms with E-state index < -0.39 is 0 Å². The molecule has 0 fully saturated rings. The van der Waals surface area contributed by atoms with Gasteiger partial charge in [0.2, 0.25) is 5.95 Å². The van der Waals surface area contributed by atoms with Crippen LogP contribution in [0, 0.1) is 32.1 Å². The number of anilines is 3. The van der Waals surface area contributed by atoms with Crippen molar-refractivity contribution in [1.29, 1.82) is 5.26 Å². The summed E-state index contributed by atoms with van der Waals surface area (Å²) in [5.41, 5.74) is 5.22. The topological polar surface area (TPSA) is 90.7 Å². The second-order valence-corrected chi connectivity index (χ2v) is 6.28. The molecule has 0 aliphatic rings. The highest BCUT2D eigenvalue weighted by molar-refractivity contribution is 6.03. The molecule has 27 heavy (non-hydrogen) atoms. The van der Waals surface area contributed by atoms with Gasteiger partial charge in [-0.2, -0.15) is 5.26 Å². The second kappa shape index (κ2) is 7.67. The van der Waals surface area contributed by atoms with Crippen molar-refractivity contribution in [2.75, 3.05) is 10.6 Å². The predicted molar refractivity (Wildman–Crippen MR) is 105 cm³/mol. The van der Waals surface area contributed by atoms with Crippen LogP contribution in [0.4, 0.5) is 17.3 Å². The van der Waals surface area contributed by atoms with Crippen molar-refractivity contribution in [1.82, 2.24) is 9.97 Å². The number of para-hydroxylation sites is 1. The Morgan fingerprint density at radius 3 is 2.48 bits per heavy atom. The molecule has 0 spiro atoms. The minimum absolute atomic E-state index is 0.237. The first-order valence-electron chi connectivity index (χ1n) is 8.46. The normalized spacial score (nSPS) is 10.1. The van der Waals surface area contributed by atoms with Gasteiger partial charge in [-0.1, -0.05) is 29.8 Å². The van der Waals surface area contributed by atoms with Crippen molar-refractivity contribution in [3.8, 4) is 6.07 Å². The predicted octanol–water partition coefficient (Wildman–Crippen LogP) is 4.27. The van der Waals surface area contributed by atoms with Gasteiger partial charge in [-0.3, -0.25) is 4.79 Å². The fraction of sp³-hybridized carbons (Fsp3) is 0.143. The first kappa shape index (κ1) is 18.1. The minimum Gasteiger partial charge on any atom is -0.323 e. The van der Waals surface area contributed by atoms with Crippen LogP contribution in [0.1, 0.15) is 32.7 Å². The van der Waals surface area contributed by atoms with Gasteiger partial charge in [0, 0.05) is 11.9 Å². The Balaban J connectivity index is 1.83. The summed E-state index contributed by atoms with van der Waals surface area (Å²) >= 11 is 0. The maximum atomic E-state index is 12.6. The highest BCUT2D eigenvalue weighted by Crippen LogP contribution is 2.23. The number of amides is 1.